The molecule has 0 fully saturated rings. The Morgan fingerprint density at radius 3 is 2.69 bits per heavy atom. The van der Waals surface area contributed by atoms with Crippen LogP contribution in [-0.2, 0) is 4.74 Å². The molecule has 0 bridgehead atoms. The van der Waals surface area contributed by atoms with Crippen LogP contribution in [0.2, 0.25) is 0 Å². The van der Waals surface area contributed by atoms with Crippen LogP contribution in [0.25, 0.3) is 10.9 Å². The summed E-state index contributed by atoms with van der Waals surface area (Å²) >= 11 is 0. The number of hydrogen-bond donors (Lipinski definition) is 0. The highest BCUT2D eigenvalue weighted by Crippen LogP contribution is 2.20. The second-order valence-electron chi connectivity index (χ2n) is 3.87. The van der Waals surface area contributed by atoms with Gasteiger partial charge < -0.3 is 4.74 Å². The SMILES string of the molecule is COC(=O)c1cc(C)c2ncc(C)cc2c1. The van der Waals surface area contributed by atoms with Gasteiger partial charge >= 0.3 is 5.97 Å². The summed E-state index contributed by atoms with van der Waals surface area (Å²) in [6.07, 6.45) is 1.83. The predicted molar refractivity (Wildman–Crippen MR) is 62.6 cm³/mol. The van der Waals surface area contributed by atoms with Crippen molar-refractivity contribution in [2.24, 2.45) is 0 Å². The van der Waals surface area contributed by atoms with E-state index in [9.17, 15) is 4.79 Å². The van der Waals surface area contributed by atoms with Crippen molar-refractivity contribution in [1.29, 1.82) is 0 Å². The molecule has 0 amide bonds. The number of aryl methyl sites for hydroxylation is 2. The number of ether oxygens (including phenoxy) is 1. The summed E-state index contributed by atoms with van der Waals surface area (Å²) in [5.41, 5.74) is 3.56. The van der Waals surface area contributed by atoms with Crippen LogP contribution in [0.1, 0.15) is 21.5 Å². The van der Waals surface area contributed by atoms with Crippen molar-refractivity contribution in [2.75, 3.05) is 7.11 Å². The van der Waals surface area contributed by atoms with Crippen LogP contribution in [0.15, 0.2) is 24.4 Å². The molecule has 0 spiro atoms. The molecule has 0 aliphatic heterocycles. The van der Waals surface area contributed by atoms with Gasteiger partial charge in [0.15, 0.2) is 0 Å². The molecule has 0 aliphatic rings. The van der Waals surface area contributed by atoms with Gasteiger partial charge in [-0.2, -0.15) is 0 Å². The Bertz CT molecular complexity index is 561. The number of rotatable bonds is 1. The van der Waals surface area contributed by atoms with E-state index in [1.54, 1.807) is 6.07 Å². The van der Waals surface area contributed by atoms with Crippen LogP contribution in [0.4, 0.5) is 0 Å². The van der Waals surface area contributed by atoms with Crippen LogP contribution >= 0.6 is 0 Å². The van der Waals surface area contributed by atoms with Crippen molar-refractivity contribution in [3.05, 3.63) is 41.1 Å². The van der Waals surface area contributed by atoms with Gasteiger partial charge in [-0.15, -0.1) is 0 Å². The van der Waals surface area contributed by atoms with E-state index in [0.717, 1.165) is 22.0 Å². The van der Waals surface area contributed by atoms with E-state index >= 15 is 0 Å². The first kappa shape index (κ1) is 10.6. The fraction of sp³-hybridized carbons (Fsp3) is 0.231. The van der Waals surface area contributed by atoms with Crippen molar-refractivity contribution in [3.63, 3.8) is 0 Å². The minimum Gasteiger partial charge on any atom is -0.465 e. The molecule has 2 aromatic rings. The summed E-state index contributed by atoms with van der Waals surface area (Å²) in [6, 6.07) is 5.63. The van der Waals surface area contributed by atoms with Gasteiger partial charge in [0.25, 0.3) is 0 Å². The quantitative estimate of drug-likeness (QED) is 0.686. The van der Waals surface area contributed by atoms with Crippen molar-refractivity contribution in [2.45, 2.75) is 13.8 Å². The number of aromatic nitrogens is 1. The summed E-state index contributed by atoms with van der Waals surface area (Å²) in [4.78, 5) is 15.8. The van der Waals surface area contributed by atoms with Crippen LogP contribution in [0, 0.1) is 13.8 Å². The lowest BCUT2D eigenvalue weighted by atomic mass is 10.1. The highest BCUT2D eigenvalue weighted by molar-refractivity contribution is 5.95. The number of methoxy groups -OCH3 is 1. The average Bonchev–Trinajstić information content (AvgIpc) is 2.27. The molecule has 82 valence electrons. The second-order valence-corrected chi connectivity index (χ2v) is 3.87. The van der Waals surface area contributed by atoms with Crippen molar-refractivity contribution >= 4 is 16.9 Å². The van der Waals surface area contributed by atoms with Crippen LogP contribution < -0.4 is 0 Å². The second kappa shape index (κ2) is 3.93. The van der Waals surface area contributed by atoms with E-state index in [1.165, 1.54) is 7.11 Å². The molecule has 0 atom stereocenters. The molecule has 0 radical (unpaired) electrons. The normalized spacial score (nSPS) is 10.4. The van der Waals surface area contributed by atoms with Gasteiger partial charge in [0, 0.05) is 11.6 Å². The Kier molecular flexibility index (Phi) is 2.60. The van der Waals surface area contributed by atoms with Gasteiger partial charge in [-0.05, 0) is 43.2 Å². The van der Waals surface area contributed by atoms with E-state index in [4.69, 9.17) is 4.74 Å². The number of esters is 1. The average molecular weight is 215 g/mol. The van der Waals surface area contributed by atoms with Gasteiger partial charge in [0.2, 0.25) is 0 Å². The Labute approximate surface area is 94.1 Å². The Hall–Kier alpha value is -1.90. The van der Waals surface area contributed by atoms with Crippen molar-refractivity contribution in [1.82, 2.24) is 4.98 Å². The number of carbonyl (C=O) groups excluding carboxylic acids is 1. The number of benzene rings is 1. The molecule has 0 saturated carbocycles. The molecule has 0 saturated heterocycles. The van der Waals surface area contributed by atoms with Crippen molar-refractivity contribution < 1.29 is 9.53 Å². The molecule has 2 rings (SSSR count). The maximum atomic E-state index is 11.5. The third-order valence-corrected chi connectivity index (χ3v) is 2.53. The van der Waals surface area contributed by atoms with E-state index < -0.39 is 0 Å². The zero-order valence-corrected chi connectivity index (χ0v) is 9.57. The Morgan fingerprint density at radius 2 is 2.00 bits per heavy atom. The minimum atomic E-state index is -0.313. The Balaban J connectivity index is 2.69. The largest absolute Gasteiger partial charge is 0.465 e. The maximum Gasteiger partial charge on any atom is 0.337 e. The number of pyridine rings is 1. The molecule has 1 heterocycles. The van der Waals surface area contributed by atoms with Gasteiger partial charge in [0.1, 0.15) is 0 Å². The van der Waals surface area contributed by atoms with Crippen LogP contribution in [0.5, 0.6) is 0 Å². The summed E-state index contributed by atoms with van der Waals surface area (Å²) in [6.45, 7) is 3.92. The van der Waals surface area contributed by atoms with E-state index in [1.807, 2.05) is 32.2 Å². The zero-order valence-electron chi connectivity index (χ0n) is 9.57. The van der Waals surface area contributed by atoms with Crippen LogP contribution in [-0.4, -0.2) is 18.1 Å². The number of carbonyl (C=O) groups is 1. The topological polar surface area (TPSA) is 39.2 Å². The summed E-state index contributed by atoms with van der Waals surface area (Å²) < 4.78 is 4.71. The summed E-state index contributed by atoms with van der Waals surface area (Å²) in [7, 11) is 1.39. The molecular formula is C13H13NO2. The fourth-order valence-corrected chi connectivity index (χ4v) is 1.78. The van der Waals surface area contributed by atoms with Gasteiger partial charge in [-0.3, -0.25) is 4.98 Å². The molecule has 3 nitrogen and oxygen atoms in total. The highest BCUT2D eigenvalue weighted by Gasteiger charge is 2.09. The lowest BCUT2D eigenvalue weighted by Crippen LogP contribution is -2.02. The number of fused-ring (bicyclic) bond motifs is 1. The number of nitrogens with zero attached hydrogens (tertiary/aromatic N) is 1. The Morgan fingerprint density at radius 1 is 1.25 bits per heavy atom. The molecule has 0 unspecified atom stereocenters. The molecule has 0 aliphatic carbocycles. The third-order valence-electron chi connectivity index (χ3n) is 2.53. The molecule has 0 N–H and O–H groups in total. The smallest absolute Gasteiger partial charge is 0.337 e. The summed E-state index contributed by atoms with van der Waals surface area (Å²) in [5.74, 6) is -0.313. The molecule has 3 heteroatoms. The fourth-order valence-electron chi connectivity index (χ4n) is 1.78. The van der Waals surface area contributed by atoms with E-state index in [-0.39, 0.29) is 5.97 Å². The lowest BCUT2D eigenvalue weighted by Gasteiger charge is -2.05. The van der Waals surface area contributed by atoms with Gasteiger partial charge in [0.05, 0.1) is 18.2 Å². The molecular weight excluding hydrogens is 202 g/mol. The first-order chi connectivity index (χ1) is 7.61. The van der Waals surface area contributed by atoms with Crippen molar-refractivity contribution in [3.8, 4) is 0 Å². The first-order valence-corrected chi connectivity index (χ1v) is 5.07. The third kappa shape index (κ3) is 1.76. The van der Waals surface area contributed by atoms with E-state index in [0.29, 0.717) is 5.56 Å². The molecule has 1 aromatic carbocycles. The van der Waals surface area contributed by atoms with Gasteiger partial charge in [-0.25, -0.2) is 4.79 Å². The minimum absolute atomic E-state index is 0.313. The zero-order chi connectivity index (χ0) is 11.7. The molecule has 1 aromatic heterocycles. The van der Waals surface area contributed by atoms with Crippen LogP contribution in [0.3, 0.4) is 0 Å². The highest BCUT2D eigenvalue weighted by atomic mass is 16.5. The van der Waals surface area contributed by atoms with Gasteiger partial charge in [-0.1, -0.05) is 0 Å². The monoisotopic (exact) mass is 215 g/mol. The first-order valence-electron chi connectivity index (χ1n) is 5.07. The summed E-state index contributed by atoms with van der Waals surface area (Å²) in [5, 5.41) is 0.973. The predicted octanol–water partition coefficient (Wildman–Crippen LogP) is 2.64. The number of hydrogen-bond acceptors (Lipinski definition) is 3. The maximum absolute atomic E-state index is 11.5. The van der Waals surface area contributed by atoms with E-state index in [2.05, 4.69) is 4.98 Å². The standard InChI is InChI=1S/C13H13NO2/c1-8-4-10-6-11(13(15)16-3)5-9(2)12(10)14-7-8/h4-7H,1-3H3. The molecule has 16 heavy (non-hydrogen) atoms. The lowest BCUT2D eigenvalue weighted by molar-refractivity contribution is 0.0601.